The predicted molar refractivity (Wildman–Crippen MR) is 225 cm³/mol. The van der Waals surface area contributed by atoms with Gasteiger partial charge in [-0.3, -0.25) is 4.55 Å². The lowest BCUT2D eigenvalue weighted by Gasteiger charge is -2.21. The third-order valence-electron chi connectivity index (χ3n) is 8.67. The van der Waals surface area contributed by atoms with Crippen molar-refractivity contribution >= 4 is 84.6 Å². The summed E-state index contributed by atoms with van der Waals surface area (Å²) in [4.78, 5) is 12.1. The number of aromatic nitrogens is 3. The summed E-state index contributed by atoms with van der Waals surface area (Å²) in [6.45, 7) is 3.01. The second kappa shape index (κ2) is 20.2. The first kappa shape index (κ1) is 44.8. The molecule has 0 aliphatic heterocycles. The van der Waals surface area contributed by atoms with Crippen molar-refractivity contribution in [3.8, 4) is 17.5 Å². The monoisotopic (exact) mass is 887 g/mol. The number of fused-ring (bicyclic) bond motifs is 1. The van der Waals surface area contributed by atoms with Crippen LogP contribution in [0.25, 0.3) is 10.8 Å². The molecule has 1 aromatic heterocycles. The molecule has 5 aromatic carbocycles. The van der Waals surface area contributed by atoms with E-state index in [-0.39, 0.29) is 65.2 Å². The van der Waals surface area contributed by atoms with Crippen LogP contribution in [0.4, 0.5) is 51.7 Å². The molecular weight excluding hydrogens is 851 g/mol. The Kier molecular flexibility index (Phi) is 14.6. The number of benzene rings is 5. The molecule has 0 spiro atoms. The standard InChI is InChI=1S/C38H37N11O11S2/c1-21-4-6-23(7-5-21)43-44-25-9-12-29(31(19-25)58-3)47-46-28-11-8-24(18-22(28)2)45-48-33-32(61-60-59-54)20-27-26(34(33)52)10-13-30(35(27)62(55,56)57)39-36-40-37(42-38(53)41-36)49(14-16-50)15-17-51/h4-13,18-20,50-52,54H,14-17H2,1-3H3,(H,55,56,57)(H2,39,40,41,42,53). The largest absolute Gasteiger partial charge is 0.505 e. The summed E-state index contributed by atoms with van der Waals surface area (Å²) < 4.78 is 46.4. The van der Waals surface area contributed by atoms with Crippen LogP contribution in [-0.4, -0.2) is 87.0 Å². The number of hydrogen-bond donors (Lipinski definition) is 7. The highest BCUT2D eigenvalue weighted by Crippen LogP contribution is 2.47. The van der Waals surface area contributed by atoms with E-state index < -0.39 is 26.8 Å². The lowest BCUT2D eigenvalue weighted by atomic mass is 10.1. The highest BCUT2D eigenvalue weighted by Gasteiger charge is 2.26. The van der Waals surface area contributed by atoms with Crippen LogP contribution >= 0.6 is 12.0 Å². The maximum absolute atomic E-state index is 12.9. The lowest BCUT2D eigenvalue weighted by molar-refractivity contribution is -0.432. The Morgan fingerprint density at radius 1 is 0.758 bits per heavy atom. The van der Waals surface area contributed by atoms with Crippen molar-refractivity contribution in [3.63, 3.8) is 0 Å². The minimum absolute atomic E-state index is 0.0249. The van der Waals surface area contributed by atoms with Gasteiger partial charge in [-0.25, -0.2) is 5.26 Å². The molecule has 1 heterocycles. The zero-order valence-corrected chi connectivity index (χ0v) is 34.5. The van der Waals surface area contributed by atoms with Crippen molar-refractivity contribution in [3.05, 3.63) is 90.0 Å². The Morgan fingerprint density at radius 2 is 1.40 bits per heavy atom. The molecule has 62 heavy (non-hydrogen) atoms. The smallest absolute Gasteiger partial charge is 0.320 e. The molecular formula is C38H37N11O11S2. The van der Waals surface area contributed by atoms with Gasteiger partial charge < -0.3 is 35.4 Å². The fourth-order valence-corrected chi connectivity index (χ4v) is 7.10. The number of nitrogens with zero attached hydrogens (tertiary/aromatic N) is 10. The number of nitrogens with one attached hydrogen (secondary N) is 1. The quantitative estimate of drug-likeness (QED) is 0.0140. The van der Waals surface area contributed by atoms with E-state index in [9.17, 15) is 33.4 Å². The second-order valence-electron chi connectivity index (χ2n) is 12.9. The van der Waals surface area contributed by atoms with Crippen molar-refractivity contribution in [2.24, 2.45) is 30.7 Å². The van der Waals surface area contributed by atoms with E-state index in [1.54, 1.807) is 43.3 Å². The highest BCUT2D eigenvalue weighted by atomic mass is 32.2. The van der Waals surface area contributed by atoms with E-state index in [1.807, 2.05) is 31.2 Å². The number of anilines is 3. The summed E-state index contributed by atoms with van der Waals surface area (Å²) in [7, 11) is -3.61. The van der Waals surface area contributed by atoms with Crippen LogP contribution in [0.5, 0.6) is 17.5 Å². The molecule has 22 nitrogen and oxygen atoms in total. The number of azo groups is 3. The molecule has 24 heteroatoms. The Labute approximate surface area is 356 Å². The molecule has 0 aliphatic rings. The fourth-order valence-electron chi connectivity index (χ4n) is 5.77. The third-order valence-corrected chi connectivity index (χ3v) is 10.2. The number of methoxy groups -OCH3 is 1. The molecule has 7 N–H and O–H groups in total. The maximum atomic E-state index is 12.9. The number of rotatable bonds is 18. The van der Waals surface area contributed by atoms with Crippen molar-refractivity contribution in [2.75, 3.05) is 43.6 Å². The van der Waals surface area contributed by atoms with Gasteiger partial charge in [-0.15, -0.1) is 14.6 Å². The molecule has 0 aliphatic carbocycles. The minimum Gasteiger partial charge on any atom is -0.505 e. The number of aryl methyl sites for hydroxylation is 2. The van der Waals surface area contributed by atoms with E-state index >= 15 is 0 Å². The van der Waals surface area contributed by atoms with Gasteiger partial charge in [0.15, 0.2) is 5.75 Å². The van der Waals surface area contributed by atoms with E-state index in [4.69, 9.17) is 9.99 Å². The van der Waals surface area contributed by atoms with Crippen LogP contribution in [0.2, 0.25) is 0 Å². The van der Waals surface area contributed by atoms with Gasteiger partial charge in [-0.2, -0.15) is 43.8 Å². The average molecular weight is 888 g/mol. The summed E-state index contributed by atoms with van der Waals surface area (Å²) in [6, 6.07) is 20.5. The second-order valence-corrected chi connectivity index (χ2v) is 15.0. The number of phenolic OH excluding ortho intramolecular Hbond substituents is 1. The van der Waals surface area contributed by atoms with Crippen LogP contribution in [-0.2, 0) is 19.5 Å². The van der Waals surface area contributed by atoms with Crippen molar-refractivity contribution in [1.29, 1.82) is 0 Å². The first-order valence-corrected chi connectivity index (χ1v) is 20.2. The zero-order chi connectivity index (χ0) is 44.4. The van der Waals surface area contributed by atoms with Gasteiger partial charge in [-0.05, 0) is 80.1 Å². The molecule has 0 radical (unpaired) electrons. The lowest BCUT2D eigenvalue weighted by Crippen LogP contribution is -2.31. The van der Waals surface area contributed by atoms with Gasteiger partial charge in [0, 0.05) is 29.9 Å². The van der Waals surface area contributed by atoms with Crippen molar-refractivity contribution in [1.82, 2.24) is 15.0 Å². The van der Waals surface area contributed by atoms with Gasteiger partial charge in [0.2, 0.25) is 11.9 Å². The van der Waals surface area contributed by atoms with Crippen LogP contribution in [0.15, 0.2) is 119 Å². The Bertz CT molecular complexity index is 2770. The molecule has 0 atom stereocenters. The summed E-state index contributed by atoms with van der Waals surface area (Å²) >= 11 is 0.329. The van der Waals surface area contributed by atoms with Gasteiger partial charge in [0.1, 0.15) is 22.0 Å². The molecule has 0 saturated carbocycles. The number of phenols is 1. The number of aliphatic hydroxyl groups excluding tert-OH is 2. The third kappa shape index (κ3) is 10.9. The molecule has 6 aromatic rings. The molecule has 0 unspecified atom stereocenters. The molecule has 0 bridgehead atoms. The maximum Gasteiger partial charge on any atom is 0.320 e. The summed E-state index contributed by atoms with van der Waals surface area (Å²) in [5.41, 5.74) is 3.71. The van der Waals surface area contributed by atoms with Gasteiger partial charge >= 0.3 is 6.01 Å². The first-order valence-electron chi connectivity index (χ1n) is 18.1. The van der Waals surface area contributed by atoms with E-state index in [0.29, 0.717) is 51.8 Å². The van der Waals surface area contributed by atoms with Gasteiger partial charge in [0.25, 0.3) is 10.1 Å². The number of aliphatic hydroxyl groups is 2. The number of ether oxygens (including phenoxy) is 1. The Balaban J connectivity index is 1.29. The molecule has 0 fully saturated rings. The number of hydrogen-bond acceptors (Lipinski definition) is 22. The highest BCUT2D eigenvalue weighted by molar-refractivity contribution is 7.94. The van der Waals surface area contributed by atoms with Crippen LogP contribution in [0.3, 0.4) is 0 Å². The molecule has 0 saturated heterocycles. The average Bonchev–Trinajstić information content (AvgIpc) is 3.24. The van der Waals surface area contributed by atoms with Crippen LogP contribution < -0.4 is 15.0 Å². The summed E-state index contributed by atoms with van der Waals surface area (Å²) in [6.07, 6.45) is 0. The van der Waals surface area contributed by atoms with Gasteiger partial charge in [0.05, 0.1) is 65.7 Å². The first-order chi connectivity index (χ1) is 29.8. The van der Waals surface area contributed by atoms with Crippen LogP contribution in [0, 0.1) is 13.8 Å². The zero-order valence-electron chi connectivity index (χ0n) is 32.8. The minimum atomic E-state index is -5.11. The SMILES string of the molecule is COc1cc(N=Nc2ccc(C)cc2)ccc1N=Nc1ccc(N=Nc2c(SOOO)cc3c(S(=O)(=O)O)c(Nc4nc(O)nc(N(CCO)CCO)n4)ccc3c2O)cc1C. The van der Waals surface area contributed by atoms with Crippen molar-refractivity contribution < 1.29 is 52.8 Å². The fraction of sp³-hybridized carbons (Fsp3) is 0.184. The normalized spacial score (nSPS) is 12.0. The molecule has 0 amide bonds. The summed E-state index contributed by atoms with van der Waals surface area (Å²) in [5, 5.41) is 81.1. The molecule has 6 rings (SSSR count). The predicted octanol–water partition coefficient (Wildman–Crippen LogP) is 8.52. The number of aromatic hydroxyl groups is 2. The van der Waals surface area contributed by atoms with E-state index in [0.717, 1.165) is 5.56 Å². The van der Waals surface area contributed by atoms with E-state index in [2.05, 4.69) is 60.3 Å². The van der Waals surface area contributed by atoms with Gasteiger partial charge in [-0.1, -0.05) is 22.7 Å². The summed E-state index contributed by atoms with van der Waals surface area (Å²) in [5.74, 6) is -0.728. The van der Waals surface area contributed by atoms with Crippen molar-refractivity contribution in [2.45, 2.75) is 23.6 Å². The molecule has 322 valence electrons. The Hall–Kier alpha value is -6.77. The topological polar surface area (TPSA) is 311 Å². The Morgan fingerprint density at radius 3 is 2.06 bits per heavy atom. The van der Waals surface area contributed by atoms with E-state index in [1.165, 1.54) is 30.2 Å². The van der Waals surface area contributed by atoms with Crippen LogP contribution in [0.1, 0.15) is 11.1 Å².